The summed E-state index contributed by atoms with van der Waals surface area (Å²) in [6.45, 7) is -0.420. The molecule has 4 heterocycles. The molecule has 0 fully saturated rings. The van der Waals surface area contributed by atoms with Gasteiger partial charge in [0.1, 0.15) is 24.3 Å². The molecule has 0 aliphatic rings. The molecule has 0 spiro atoms. The van der Waals surface area contributed by atoms with E-state index in [9.17, 15) is 29.4 Å². The van der Waals surface area contributed by atoms with Gasteiger partial charge in [0.05, 0.1) is 22.5 Å². The highest BCUT2D eigenvalue weighted by Crippen LogP contribution is 2.27. The molecule has 0 bridgehead atoms. The summed E-state index contributed by atoms with van der Waals surface area (Å²) in [7, 11) is 2.41. The Bertz CT molecular complexity index is 2150. The number of imidazole rings is 2. The minimum atomic E-state index is -1.51. The van der Waals surface area contributed by atoms with E-state index in [0.717, 1.165) is 24.3 Å². The first-order valence-electron chi connectivity index (χ1n) is 15.3. The van der Waals surface area contributed by atoms with Crippen molar-refractivity contribution in [2.75, 3.05) is 16.9 Å². The van der Waals surface area contributed by atoms with E-state index in [-0.39, 0.29) is 53.3 Å². The van der Waals surface area contributed by atoms with Crippen LogP contribution in [0.25, 0.3) is 11.6 Å². The number of amides is 2. The summed E-state index contributed by atoms with van der Waals surface area (Å²) >= 11 is 0. The molecule has 20 heteroatoms. The van der Waals surface area contributed by atoms with Crippen molar-refractivity contribution >= 4 is 44.4 Å². The number of hydrogen-bond donors (Lipinski definition) is 4. The van der Waals surface area contributed by atoms with Crippen molar-refractivity contribution < 1.29 is 38.2 Å². The molecule has 6 rings (SSSR count). The number of carboxylic acid groups (broad SMARTS) is 2. The summed E-state index contributed by atoms with van der Waals surface area (Å²) in [5, 5.41) is 40.1. The average Bonchev–Trinajstić information content (AvgIpc) is 3.89. The molecule has 0 aliphatic heterocycles. The fourth-order valence-electron chi connectivity index (χ4n) is 5.04. The van der Waals surface area contributed by atoms with Gasteiger partial charge in [0.15, 0.2) is 23.0 Å². The summed E-state index contributed by atoms with van der Waals surface area (Å²) in [5.74, 6) is -5.72. The SMILES string of the molecule is O=C(Nc1cc(CN(CP)Cc2cc(NC(=O)c3ccc(-n4ccnc4)nn3)c(C(=O)O)cc2F)c(F)cc1C(=O)O)c1ccc(-n2ccnc2)nn1. The van der Waals surface area contributed by atoms with Crippen LogP contribution in [0.15, 0.2) is 86.0 Å². The second-order valence-corrected chi connectivity index (χ2v) is 11.5. The molecule has 2 amide bonds. The number of aromatic nitrogens is 8. The Morgan fingerprint density at radius 3 is 1.43 bits per heavy atom. The molecule has 17 nitrogen and oxygen atoms in total. The van der Waals surface area contributed by atoms with Gasteiger partial charge in [0.25, 0.3) is 11.8 Å². The summed E-state index contributed by atoms with van der Waals surface area (Å²) < 4.78 is 33.8. The lowest BCUT2D eigenvalue weighted by Gasteiger charge is -2.23. The van der Waals surface area contributed by atoms with Crippen LogP contribution in [0.3, 0.4) is 0 Å². The molecule has 2 aromatic carbocycles. The number of carbonyl (C=O) groups is 4. The zero-order chi connectivity index (χ0) is 37.6. The van der Waals surface area contributed by atoms with Gasteiger partial charge in [-0.05, 0) is 48.5 Å². The van der Waals surface area contributed by atoms with Crippen molar-refractivity contribution in [3.8, 4) is 11.6 Å². The molecule has 4 N–H and O–H groups in total. The monoisotopic (exact) mass is 741 g/mol. The molecular formula is C33H26F2N11O6P. The second-order valence-electron chi connectivity index (χ2n) is 11.2. The quantitative estimate of drug-likeness (QED) is 0.124. The number of aromatic carboxylic acids is 2. The highest BCUT2D eigenvalue weighted by molar-refractivity contribution is 7.16. The number of benzene rings is 2. The van der Waals surface area contributed by atoms with Crippen molar-refractivity contribution in [2.45, 2.75) is 13.1 Å². The largest absolute Gasteiger partial charge is 0.478 e. The molecule has 0 aliphatic carbocycles. The first-order valence-corrected chi connectivity index (χ1v) is 16.1. The molecule has 53 heavy (non-hydrogen) atoms. The number of carbonyl (C=O) groups excluding carboxylic acids is 2. The molecule has 268 valence electrons. The molecule has 0 saturated heterocycles. The zero-order valence-electron chi connectivity index (χ0n) is 27.1. The van der Waals surface area contributed by atoms with E-state index >= 15 is 8.78 Å². The van der Waals surface area contributed by atoms with Gasteiger partial charge < -0.3 is 20.8 Å². The van der Waals surface area contributed by atoms with Gasteiger partial charge in [-0.25, -0.2) is 28.3 Å². The standard InChI is InChI=1S/C33H26F2N11O6P/c34-22-11-20(32(49)50)26(38-30(47)24-1-3-28(42-40-24)45-7-5-36-15-45)9-18(22)13-44(17-53)14-19-10-27(21(33(51)52)12-23(19)35)39-31(48)25-2-4-29(43-41-25)46-8-6-37-16-46/h1-12,15-16H,13-14,17,53H2,(H,38,47)(H,39,48)(H,49,50)(H,51,52). The topological polar surface area (TPSA) is 223 Å². The van der Waals surface area contributed by atoms with Gasteiger partial charge in [0.2, 0.25) is 0 Å². The Kier molecular flexibility index (Phi) is 10.6. The predicted molar refractivity (Wildman–Crippen MR) is 185 cm³/mol. The highest BCUT2D eigenvalue weighted by Gasteiger charge is 2.23. The van der Waals surface area contributed by atoms with Crippen molar-refractivity contribution in [3.05, 3.63) is 131 Å². The Labute approximate surface area is 299 Å². The van der Waals surface area contributed by atoms with Crippen LogP contribution < -0.4 is 10.6 Å². The number of nitrogens with zero attached hydrogens (tertiary/aromatic N) is 9. The number of halogens is 2. The Morgan fingerprint density at radius 2 is 1.11 bits per heavy atom. The Morgan fingerprint density at radius 1 is 0.679 bits per heavy atom. The predicted octanol–water partition coefficient (Wildman–Crippen LogP) is 3.65. The lowest BCUT2D eigenvalue weighted by molar-refractivity contribution is 0.0686. The first kappa shape index (κ1) is 36.0. The summed E-state index contributed by atoms with van der Waals surface area (Å²) in [5.41, 5.74) is -1.93. The van der Waals surface area contributed by atoms with E-state index < -0.39 is 46.5 Å². The van der Waals surface area contributed by atoms with E-state index in [1.807, 2.05) is 0 Å². The van der Waals surface area contributed by atoms with Crippen molar-refractivity contribution in [2.24, 2.45) is 0 Å². The van der Waals surface area contributed by atoms with Gasteiger partial charge in [-0.2, -0.15) is 0 Å². The summed E-state index contributed by atoms with van der Waals surface area (Å²) in [6, 6.07) is 9.53. The third-order valence-electron chi connectivity index (χ3n) is 7.68. The first-order chi connectivity index (χ1) is 25.5. The van der Waals surface area contributed by atoms with Crippen LogP contribution in [0.5, 0.6) is 0 Å². The maximum absolute atomic E-state index is 15.3. The fourth-order valence-corrected chi connectivity index (χ4v) is 5.29. The van der Waals surface area contributed by atoms with Crippen LogP contribution in [0.2, 0.25) is 0 Å². The van der Waals surface area contributed by atoms with Gasteiger partial charge in [0, 0.05) is 55.3 Å². The third kappa shape index (κ3) is 8.22. The zero-order valence-corrected chi connectivity index (χ0v) is 28.2. The van der Waals surface area contributed by atoms with Crippen LogP contribution in [0, 0.1) is 11.6 Å². The Balaban J connectivity index is 1.21. The van der Waals surface area contributed by atoms with E-state index in [2.05, 4.69) is 50.2 Å². The van der Waals surface area contributed by atoms with Crippen LogP contribution in [0.1, 0.15) is 52.8 Å². The van der Waals surface area contributed by atoms with Gasteiger partial charge in [-0.3, -0.25) is 23.6 Å². The normalized spacial score (nSPS) is 11.0. The van der Waals surface area contributed by atoms with Crippen molar-refractivity contribution in [1.82, 2.24) is 44.4 Å². The maximum atomic E-state index is 15.3. The number of anilines is 2. The van der Waals surface area contributed by atoms with E-state index in [4.69, 9.17) is 0 Å². The number of nitrogens with one attached hydrogen (secondary N) is 2. The highest BCUT2D eigenvalue weighted by atomic mass is 31.0. The van der Waals surface area contributed by atoms with Crippen molar-refractivity contribution in [3.63, 3.8) is 0 Å². The molecule has 0 radical (unpaired) electrons. The molecular weight excluding hydrogens is 715 g/mol. The second kappa shape index (κ2) is 15.6. The van der Waals surface area contributed by atoms with Crippen LogP contribution in [-0.2, 0) is 13.1 Å². The summed E-state index contributed by atoms with van der Waals surface area (Å²) in [6.07, 6.45) is 9.42. The number of rotatable bonds is 13. The minimum Gasteiger partial charge on any atom is -0.478 e. The third-order valence-corrected chi connectivity index (χ3v) is 8.20. The average molecular weight is 742 g/mol. The van der Waals surface area contributed by atoms with E-state index in [1.165, 1.54) is 49.3 Å². The van der Waals surface area contributed by atoms with Gasteiger partial charge in [-0.1, -0.05) is 0 Å². The number of hydrogen-bond acceptors (Lipinski definition) is 11. The smallest absolute Gasteiger partial charge is 0.337 e. The lowest BCUT2D eigenvalue weighted by atomic mass is 10.1. The van der Waals surface area contributed by atoms with Crippen LogP contribution in [0.4, 0.5) is 20.2 Å². The maximum Gasteiger partial charge on any atom is 0.337 e. The van der Waals surface area contributed by atoms with Crippen LogP contribution >= 0.6 is 9.24 Å². The molecule has 4 aromatic heterocycles. The molecule has 0 saturated carbocycles. The van der Waals surface area contributed by atoms with Crippen LogP contribution in [-0.4, -0.2) is 84.6 Å². The molecule has 1 atom stereocenters. The number of carboxylic acids is 2. The molecule has 6 aromatic rings. The fraction of sp³-hybridized carbons (Fsp3) is 0.0909. The lowest BCUT2D eigenvalue weighted by Crippen LogP contribution is -2.24. The Hall–Kier alpha value is -6.85. The summed E-state index contributed by atoms with van der Waals surface area (Å²) in [4.78, 5) is 59.4. The van der Waals surface area contributed by atoms with Crippen molar-refractivity contribution in [1.29, 1.82) is 0 Å². The van der Waals surface area contributed by atoms with E-state index in [1.54, 1.807) is 26.4 Å². The van der Waals surface area contributed by atoms with E-state index in [0.29, 0.717) is 11.6 Å². The molecule has 1 unspecified atom stereocenters. The van der Waals surface area contributed by atoms with Gasteiger partial charge >= 0.3 is 11.9 Å². The minimum absolute atomic E-state index is 0.0527. The van der Waals surface area contributed by atoms with Gasteiger partial charge in [-0.15, -0.1) is 29.6 Å².